The Morgan fingerprint density at radius 2 is 2.31 bits per heavy atom. The van der Waals surface area contributed by atoms with Gasteiger partial charge in [-0.1, -0.05) is 37.4 Å². The molecule has 2 rings (SSSR count). The number of rotatable bonds is 4. The normalized spacial score (nSPS) is 19.4. The van der Waals surface area contributed by atoms with Gasteiger partial charge in [-0.15, -0.1) is 11.8 Å². The van der Waals surface area contributed by atoms with E-state index in [2.05, 4.69) is 23.0 Å². The topological polar surface area (TPSA) is 24.7 Å². The summed E-state index contributed by atoms with van der Waals surface area (Å²) < 4.78 is 0. The van der Waals surface area contributed by atoms with Crippen LogP contribution in [0.15, 0.2) is 33.0 Å². The van der Waals surface area contributed by atoms with Crippen LogP contribution in [0.1, 0.15) is 32.6 Å². The molecule has 0 aromatic heterocycles. The van der Waals surface area contributed by atoms with Crippen LogP contribution >= 0.6 is 23.4 Å². The first kappa shape index (κ1) is 11.9. The lowest BCUT2D eigenvalue weighted by Crippen LogP contribution is -2.06. The van der Waals surface area contributed by atoms with Gasteiger partial charge in [-0.05, 0) is 12.8 Å². The van der Waals surface area contributed by atoms with Crippen LogP contribution in [0.25, 0.3) is 0 Å². The molecule has 2 heterocycles. The van der Waals surface area contributed by atoms with Crippen LogP contribution in [-0.2, 0) is 0 Å². The molecule has 0 fully saturated rings. The van der Waals surface area contributed by atoms with E-state index in [1.165, 1.54) is 24.8 Å². The summed E-state index contributed by atoms with van der Waals surface area (Å²) in [6.07, 6.45) is 8.57. The smallest absolute Gasteiger partial charge is 0.148 e. The van der Waals surface area contributed by atoms with Gasteiger partial charge in [-0.3, -0.25) is 4.99 Å². The lowest BCUT2D eigenvalue weighted by atomic mass is 10.0. The highest BCUT2D eigenvalue weighted by atomic mass is 35.5. The van der Waals surface area contributed by atoms with Crippen molar-refractivity contribution in [3.05, 3.63) is 23.0 Å². The summed E-state index contributed by atoms with van der Waals surface area (Å²) >= 11 is 7.68. The van der Waals surface area contributed by atoms with Gasteiger partial charge in [0.2, 0.25) is 0 Å². The van der Waals surface area contributed by atoms with E-state index in [-0.39, 0.29) is 0 Å². The predicted molar refractivity (Wildman–Crippen MR) is 73.5 cm³/mol. The molecule has 2 aliphatic rings. The summed E-state index contributed by atoms with van der Waals surface area (Å²) in [5.41, 5.74) is 2.35. The Hall–Kier alpha value is -0.540. The molecule has 0 radical (unpaired) electrons. The quantitative estimate of drug-likeness (QED) is 0.547. The molecule has 2 aliphatic heterocycles. The SMILES string of the molecule is CCCCCC1=NC=C(Cl)N=C2SCC=C12. The van der Waals surface area contributed by atoms with Crippen LogP contribution in [-0.4, -0.2) is 16.5 Å². The maximum absolute atomic E-state index is 5.94. The first-order chi connectivity index (χ1) is 7.81. The van der Waals surface area contributed by atoms with Crippen molar-refractivity contribution < 1.29 is 0 Å². The van der Waals surface area contributed by atoms with Crippen molar-refractivity contribution in [3.63, 3.8) is 0 Å². The second-order valence-corrected chi connectivity index (χ2v) is 5.23. The van der Waals surface area contributed by atoms with Crippen molar-refractivity contribution in [2.75, 3.05) is 5.75 Å². The molecule has 0 aliphatic carbocycles. The van der Waals surface area contributed by atoms with Crippen molar-refractivity contribution in [2.45, 2.75) is 32.6 Å². The van der Waals surface area contributed by atoms with Crippen molar-refractivity contribution in [1.82, 2.24) is 0 Å². The van der Waals surface area contributed by atoms with Crippen LogP contribution in [0.5, 0.6) is 0 Å². The van der Waals surface area contributed by atoms with Gasteiger partial charge in [0.05, 0.1) is 11.9 Å². The summed E-state index contributed by atoms with van der Waals surface area (Å²) in [5.74, 6) is 0.991. The first-order valence-corrected chi connectivity index (χ1v) is 7.02. The molecule has 86 valence electrons. The Morgan fingerprint density at radius 3 is 3.12 bits per heavy atom. The molecular weight excluding hydrogens is 240 g/mol. The zero-order valence-electron chi connectivity index (χ0n) is 9.37. The van der Waals surface area contributed by atoms with E-state index in [0.29, 0.717) is 5.16 Å². The minimum Gasteiger partial charge on any atom is -0.257 e. The standard InChI is InChI=1S/C12H15ClN2S/c1-2-3-4-5-10-9-6-7-16-12(9)15-11(13)8-14-10/h6,8H,2-5,7H2,1H3. The van der Waals surface area contributed by atoms with Crippen LogP contribution in [0.4, 0.5) is 0 Å². The number of thioether (sulfide) groups is 1. The monoisotopic (exact) mass is 254 g/mol. The molecule has 0 spiro atoms. The van der Waals surface area contributed by atoms with Crippen LogP contribution < -0.4 is 0 Å². The average Bonchev–Trinajstić information content (AvgIpc) is 2.66. The van der Waals surface area contributed by atoms with E-state index in [9.17, 15) is 0 Å². The molecule has 0 aromatic rings. The van der Waals surface area contributed by atoms with E-state index in [1.54, 1.807) is 18.0 Å². The molecule has 0 amide bonds. The Bertz CT molecular complexity index is 394. The molecular formula is C12H15ClN2S. The van der Waals surface area contributed by atoms with Crippen LogP contribution in [0, 0.1) is 0 Å². The molecule has 0 atom stereocenters. The van der Waals surface area contributed by atoms with E-state index in [1.807, 2.05) is 0 Å². The number of halogens is 1. The highest BCUT2D eigenvalue weighted by molar-refractivity contribution is 8.15. The van der Waals surface area contributed by atoms with Crippen molar-refractivity contribution in [3.8, 4) is 0 Å². The second kappa shape index (κ2) is 5.69. The highest BCUT2D eigenvalue weighted by Gasteiger charge is 2.20. The molecule has 16 heavy (non-hydrogen) atoms. The highest BCUT2D eigenvalue weighted by Crippen LogP contribution is 2.28. The summed E-state index contributed by atoms with van der Waals surface area (Å²) in [4.78, 5) is 8.78. The largest absolute Gasteiger partial charge is 0.257 e. The van der Waals surface area contributed by atoms with E-state index >= 15 is 0 Å². The Kier molecular flexibility index (Phi) is 4.24. The minimum absolute atomic E-state index is 0.487. The fourth-order valence-corrected chi connectivity index (χ4v) is 2.88. The van der Waals surface area contributed by atoms with Gasteiger partial charge in [0, 0.05) is 11.3 Å². The predicted octanol–water partition coefficient (Wildman–Crippen LogP) is 4.13. The first-order valence-electron chi connectivity index (χ1n) is 5.66. The molecule has 0 aromatic carbocycles. The average molecular weight is 255 g/mol. The fourth-order valence-electron chi connectivity index (χ4n) is 1.77. The Morgan fingerprint density at radius 1 is 1.44 bits per heavy atom. The molecule has 0 N–H and O–H groups in total. The van der Waals surface area contributed by atoms with E-state index in [4.69, 9.17) is 11.6 Å². The summed E-state index contributed by atoms with van der Waals surface area (Å²) in [7, 11) is 0. The zero-order valence-corrected chi connectivity index (χ0v) is 10.9. The zero-order chi connectivity index (χ0) is 11.4. The van der Waals surface area contributed by atoms with Crippen molar-refractivity contribution in [1.29, 1.82) is 0 Å². The summed E-state index contributed by atoms with van der Waals surface area (Å²) in [6, 6.07) is 0. The second-order valence-electron chi connectivity index (χ2n) is 3.83. The summed E-state index contributed by atoms with van der Waals surface area (Å²) in [5, 5.41) is 1.52. The van der Waals surface area contributed by atoms with E-state index in [0.717, 1.165) is 22.9 Å². The maximum Gasteiger partial charge on any atom is 0.148 e. The van der Waals surface area contributed by atoms with Gasteiger partial charge in [0.15, 0.2) is 0 Å². The molecule has 4 heteroatoms. The van der Waals surface area contributed by atoms with Gasteiger partial charge in [-0.2, -0.15) is 0 Å². The molecule has 0 unspecified atom stereocenters. The number of unbranched alkanes of at least 4 members (excludes halogenated alkanes) is 2. The Balaban J connectivity index is 2.13. The minimum atomic E-state index is 0.487. The third-order valence-electron chi connectivity index (χ3n) is 2.60. The number of fused-ring (bicyclic) bond motifs is 1. The molecule has 0 saturated carbocycles. The van der Waals surface area contributed by atoms with E-state index < -0.39 is 0 Å². The van der Waals surface area contributed by atoms with Gasteiger partial charge >= 0.3 is 0 Å². The van der Waals surface area contributed by atoms with Crippen LogP contribution in [0.3, 0.4) is 0 Å². The van der Waals surface area contributed by atoms with Crippen molar-refractivity contribution >= 4 is 34.1 Å². The van der Waals surface area contributed by atoms with Gasteiger partial charge in [0.25, 0.3) is 0 Å². The maximum atomic E-state index is 5.94. The lowest BCUT2D eigenvalue weighted by Gasteiger charge is -2.05. The van der Waals surface area contributed by atoms with Crippen LogP contribution in [0.2, 0.25) is 0 Å². The molecule has 0 saturated heterocycles. The molecule has 2 nitrogen and oxygen atoms in total. The number of nitrogens with zero attached hydrogens (tertiary/aromatic N) is 2. The third-order valence-corrected chi connectivity index (χ3v) is 3.70. The van der Waals surface area contributed by atoms with Gasteiger partial charge < -0.3 is 0 Å². The van der Waals surface area contributed by atoms with Gasteiger partial charge in [0.1, 0.15) is 10.2 Å². The fraction of sp³-hybridized carbons (Fsp3) is 0.500. The third kappa shape index (κ3) is 2.77. The van der Waals surface area contributed by atoms with Gasteiger partial charge in [-0.25, -0.2) is 4.99 Å². The summed E-state index contributed by atoms with van der Waals surface area (Å²) in [6.45, 7) is 2.21. The lowest BCUT2D eigenvalue weighted by molar-refractivity contribution is 0.742. The van der Waals surface area contributed by atoms with Crippen molar-refractivity contribution in [2.24, 2.45) is 9.98 Å². The molecule has 0 bridgehead atoms. The number of hydrogen-bond acceptors (Lipinski definition) is 3. The Labute approximate surface area is 106 Å². The number of hydrogen-bond donors (Lipinski definition) is 0. The number of aliphatic imine (C=N–C) groups is 2.